The molecule has 6 nitrogen and oxygen atoms in total. The summed E-state index contributed by atoms with van der Waals surface area (Å²) in [5.74, 6) is 0.869. The molecule has 1 saturated heterocycles. The number of ether oxygens (including phenoxy) is 1. The lowest BCUT2D eigenvalue weighted by molar-refractivity contribution is -0.0247. The van der Waals surface area contributed by atoms with Crippen molar-refractivity contribution in [3.63, 3.8) is 0 Å². The number of nitrogens with one attached hydrogen (secondary N) is 1. The molecule has 2 aromatic rings. The summed E-state index contributed by atoms with van der Waals surface area (Å²) in [6.45, 7) is 1.84. The first kappa shape index (κ1) is 15.9. The SMILES string of the molecule is CNc1cc(CC[C@H]2CN(C(=O)c3cscn3)CCO2)ccn1. The molecule has 1 atom stereocenters. The molecule has 0 aromatic carbocycles. The van der Waals surface area contributed by atoms with Gasteiger partial charge in [0.25, 0.3) is 5.91 Å². The van der Waals surface area contributed by atoms with Gasteiger partial charge >= 0.3 is 0 Å². The third kappa shape index (κ3) is 4.05. The number of hydrogen-bond donors (Lipinski definition) is 1. The summed E-state index contributed by atoms with van der Waals surface area (Å²) < 4.78 is 5.81. The van der Waals surface area contributed by atoms with Crippen molar-refractivity contribution >= 4 is 23.1 Å². The van der Waals surface area contributed by atoms with Crippen molar-refractivity contribution in [3.05, 3.63) is 40.5 Å². The average Bonchev–Trinajstić information content (AvgIpc) is 3.14. The van der Waals surface area contributed by atoms with Crippen LogP contribution in [0.4, 0.5) is 5.82 Å². The minimum atomic E-state index is 0.000861. The van der Waals surface area contributed by atoms with Gasteiger partial charge in [-0.1, -0.05) is 0 Å². The number of hydrogen-bond acceptors (Lipinski definition) is 6. The zero-order chi connectivity index (χ0) is 16.1. The number of pyridine rings is 1. The topological polar surface area (TPSA) is 67.4 Å². The summed E-state index contributed by atoms with van der Waals surface area (Å²) in [5, 5.41) is 4.84. The van der Waals surface area contributed by atoms with Crippen LogP contribution in [0.5, 0.6) is 0 Å². The Morgan fingerprint density at radius 2 is 2.43 bits per heavy atom. The van der Waals surface area contributed by atoms with Gasteiger partial charge in [0.1, 0.15) is 11.5 Å². The van der Waals surface area contributed by atoms with E-state index in [1.807, 2.05) is 24.1 Å². The van der Waals surface area contributed by atoms with E-state index in [0.29, 0.717) is 25.4 Å². The standard InChI is InChI=1S/C16H20N4O2S/c1-17-15-8-12(4-5-18-15)2-3-13-9-20(6-7-22-13)16(21)14-10-23-11-19-14/h4-5,8,10-11,13H,2-3,6-7,9H2,1H3,(H,17,18)/t13-/m0/s1. The number of thiazole rings is 1. The van der Waals surface area contributed by atoms with Gasteiger partial charge in [0.05, 0.1) is 18.2 Å². The molecule has 0 aliphatic carbocycles. The largest absolute Gasteiger partial charge is 0.375 e. The summed E-state index contributed by atoms with van der Waals surface area (Å²) >= 11 is 1.44. The maximum absolute atomic E-state index is 12.4. The molecule has 7 heteroatoms. The number of amides is 1. The van der Waals surface area contributed by atoms with Crippen molar-refractivity contribution in [1.82, 2.24) is 14.9 Å². The van der Waals surface area contributed by atoms with Crippen LogP contribution in [-0.4, -0.2) is 53.6 Å². The molecule has 0 radical (unpaired) electrons. The van der Waals surface area contributed by atoms with E-state index in [-0.39, 0.29) is 12.0 Å². The predicted octanol–water partition coefficient (Wildman–Crippen LogP) is 2.05. The molecule has 0 bridgehead atoms. The molecule has 1 aliphatic heterocycles. The van der Waals surface area contributed by atoms with Crippen molar-refractivity contribution in [2.75, 3.05) is 32.1 Å². The second kappa shape index (κ2) is 7.52. The van der Waals surface area contributed by atoms with E-state index >= 15 is 0 Å². The summed E-state index contributed by atoms with van der Waals surface area (Å²) in [6.07, 6.45) is 3.66. The van der Waals surface area contributed by atoms with Crippen LogP contribution in [0.15, 0.2) is 29.2 Å². The molecule has 23 heavy (non-hydrogen) atoms. The van der Waals surface area contributed by atoms with Crippen LogP contribution in [0, 0.1) is 0 Å². The normalized spacial score (nSPS) is 18.0. The Hall–Kier alpha value is -1.99. The molecule has 1 amide bonds. The van der Waals surface area contributed by atoms with E-state index < -0.39 is 0 Å². The monoisotopic (exact) mass is 332 g/mol. The van der Waals surface area contributed by atoms with E-state index in [1.165, 1.54) is 16.9 Å². The molecule has 0 saturated carbocycles. The van der Waals surface area contributed by atoms with E-state index in [1.54, 1.807) is 17.1 Å². The van der Waals surface area contributed by atoms with Gasteiger partial charge in [-0.05, 0) is 30.5 Å². The van der Waals surface area contributed by atoms with Gasteiger partial charge in [0.15, 0.2) is 0 Å². The molecular weight excluding hydrogens is 312 g/mol. The van der Waals surface area contributed by atoms with Gasteiger partial charge in [0.2, 0.25) is 0 Å². The van der Waals surface area contributed by atoms with Crippen LogP contribution in [0.2, 0.25) is 0 Å². The van der Waals surface area contributed by atoms with E-state index in [9.17, 15) is 4.79 Å². The lowest BCUT2D eigenvalue weighted by atomic mass is 10.1. The van der Waals surface area contributed by atoms with E-state index in [4.69, 9.17) is 4.74 Å². The van der Waals surface area contributed by atoms with Crippen LogP contribution < -0.4 is 5.32 Å². The maximum atomic E-state index is 12.4. The van der Waals surface area contributed by atoms with Crippen molar-refractivity contribution in [1.29, 1.82) is 0 Å². The highest BCUT2D eigenvalue weighted by Crippen LogP contribution is 2.16. The quantitative estimate of drug-likeness (QED) is 0.908. The predicted molar refractivity (Wildman–Crippen MR) is 89.9 cm³/mol. The van der Waals surface area contributed by atoms with E-state index in [0.717, 1.165) is 18.7 Å². The van der Waals surface area contributed by atoms with Crippen LogP contribution >= 0.6 is 11.3 Å². The number of rotatable bonds is 5. The number of nitrogens with zero attached hydrogens (tertiary/aromatic N) is 3. The second-order valence-electron chi connectivity index (χ2n) is 5.46. The highest BCUT2D eigenvalue weighted by molar-refractivity contribution is 7.07. The molecule has 3 rings (SSSR count). The van der Waals surface area contributed by atoms with Crippen LogP contribution in [0.1, 0.15) is 22.5 Å². The molecule has 1 aliphatic rings. The fraction of sp³-hybridized carbons (Fsp3) is 0.438. The third-order valence-electron chi connectivity index (χ3n) is 3.91. The number of carbonyl (C=O) groups excluding carboxylic acids is 1. The lowest BCUT2D eigenvalue weighted by Gasteiger charge is -2.32. The molecule has 0 spiro atoms. The number of anilines is 1. The Bertz CT molecular complexity index is 647. The lowest BCUT2D eigenvalue weighted by Crippen LogP contribution is -2.45. The van der Waals surface area contributed by atoms with Crippen LogP contribution in [0.25, 0.3) is 0 Å². The zero-order valence-electron chi connectivity index (χ0n) is 13.1. The number of carbonyl (C=O) groups is 1. The zero-order valence-corrected chi connectivity index (χ0v) is 13.9. The summed E-state index contributed by atoms with van der Waals surface area (Å²) in [7, 11) is 1.86. The second-order valence-corrected chi connectivity index (χ2v) is 6.17. The molecular formula is C16H20N4O2S. The van der Waals surface area contributed by atoms with Gasteiger partial charge in [0, 0.05) is 31.7 Å². The first-order chi connectivity index (χ1) is 11.3. The van der Waals surface area contributed by atoms with Crippen molar-refractivity contribution in [2.45, 2.75) is 18.9 Å². The third-order valence-corrected chi connectivity index (χ3v) is 4.50. The van der Waals surface area contributed by atoms with Gasteiger partial charge in [-0.3, -0.25) is 4.79 Å². The molecule has 3 heterocycles. The average molecular weight is 332 g/mol. The maximum Gasteiger partial charge on any atom is 0.273 e. The first-order valence-electron chi connectivity index (χ1n) is 7.68. The summed E-state index contributed by atoms with van der Waals surface area (Å²) in [6, 6.07) is 4.06. The van der Waals surface area contributed by atoms with Crippen LogP contribution in [-0.2, 0) is 11.2 Å². The Morgan fingerprint density at radius 3 is 3.22 bits per heavy atom. The fourth-order valence-corrected chi connectivity index (χ4v) is 3.18. The first-order valence-corrected chi connectivity index (χ1v) is 8.62. The minimum absolute atomic E-state index is 0.000861. The summed E-state index contributed by atoms with van der Waals surface area (Å²) in [5.41, 5.74) is 3.44. The van der Waals surface area contributed by atoms with Crippen LogP contribution in [0.3, 0.4) is 0 Å². The number of morpholine rings is 1. The van der Waals surface area contributed by atoms with Crippen molar-refractivity contribution in [3.8, 4) is 0 Å². The van der Waals surface area contributed by atoms with Crippen molar-refractivity contribution in [2.24, 2.45) is 0 Å². The molecule has 122 valence electrons. The Morgan fingerprint density at radius 1 is 1.52 bits per heavy atom. The molecule has 2 aromatic heterocycles. The Balaban J connectivity index is 1.55. The molecule has 1 fully saturated rings. The van der Waals surface area contributed by atoms with E-state index in [2.05, 4.69) is 15.3 Å². The van der Waals surface area contributed by atoms with Gasteiger partial charge in [-0.15, -0.1) is 11.3 Å². The molecule has 0 unspecified atom stereocenters. The molecule has 1 N–H and O–H groups in total. The number of aryl methyl sites for hydroxylation is 1. The highest BCUT2D eigenvalue weighted by atomic mass is 32.1. The Labute approximate surface area is 139 Å². The van der Waals surface area contributed by atoms with Crippen molar-refractivity contribution < 1.29 is 9.53 Å². The fourth-order valence-electron chi connectivity index (χ4n) is 2.65. The number of aromatic nitrogens is 2. The highest BCUT2D eigenvalue weighted by Gasteiger charge is 2.25. The Kier molecular flexibility index (Phi) is 5.19. The minimum Gasteiger partial charge on any atom is -0.375 e. The van der Waals surface area contributed by atoms with Gasteiger partial charge < -0.3 is 15.0 Å². The summed E-state index contributed by atoms with van der Waals surface area (Å²) in [4.78, 5) is 22.5. The van der Waals surface area contributed by atoms with Gasteiger partial charge in [-0.25, -0.2) is 9.97 Å². The smallest absolute Gasteiger partial charge is 0.273 e. The van der Waals surface area contributed by atoms with Gasteiger partial charge in [-0.2, -0.15) is 0 Å².